The summed E-state index contributed by atoms with van der Waals surface area (Å²) in [5.74, 6) is 0.450. The Bertz CT molecular complexity index is 678. The van der Waals surface area contributed by atoms with E-state index in [1.807, 2.05) is 25.1 Å². The standard InChI is InChI=1S/C18H23N3O.ClH/c1-14-8-9-17(22)21(19-14)18(15-6-4-3-5-7-15)16-10-12-20(2)13-11-16;/h3-9,16,18H,10-13H2,1-2H3;1H. The highest BCUT2D eigenvalue weighted by molar-refractivity contribution is 5.85. The van der Waals surface area contributed by atoms with Gasteiger partial charge in [-0.1, -0.05) is 30.3 Å². The predicted molar refractivity (Wildman–Crippen MR) is 95.3 cm³/mol. The van der Waals surface area contributed by atoms with Gasteiger partial charge in [0.1, 0.15) is 0 Å². The lowest BCUT2D eigenvalue weighted by Gasteiger charge is -2.34. The molecule has 0 aliphatic carbocycles. The monoisotopic (exact) mass is 333 g/mol. The van der Waals surface area contributed by atoms with Crippen molar-refractivity contribution in [3.63, 3.8) is 0 Å². The van der Waals surface area contributed by atoms with E-state index in [2.05, 4.69) is 29.2 Å². The van der Waals surface area contributed by atoms with E-state index >= 15 is 0 Å². The molecule has 0 bridgehead atoms. The van der Waals surface area contributed by atoms with Crippen LogP contribution in [0.5, 0.6) is 0 Å². The van der Waals surface area contributed by atoms with Gasteiger partial charge in [0, 0.05) is 6.07 Å². The van der Waals surface area contributed by atoms with Crippen LogP contribution in [0.4, 0.5) is 0 Å². The second-order valence-corrected chi connectivity index (χ2v) is 6.25. The van der Waals surface area contributed by atoms with Crippen molar-refractivity contribution in [3.05, 3.63) is 64.1 Å². The summed E-state index contributed by atoms with van der Waals surface area (Å²) < 4.78 is 1.70. The van der Waals surface area contributed by atoms with Crippen molar-refractivity contribution in [3.8, 4) is 0 Å². The largest absolute Gasteiger partial charge is 0.306 e. The van der Waals surface area contributed by atoms with Gasteiger partial charge in [-0.15, -0.1) is 12.4 Å². The van der Waals surface area contributed by atoms with Crippen molar-refractivity contribution < 1.29 is 0 Å². The summed E-state index contributed by atoms with van der Waals surface area (Å²) in [6.07, 6.45) is 2.19. The van der Waals surface area contributed by atoms with E-state index in [-0.39, 0.29) is 24.0 Å². The van der Waals surface area contributed by atoms with Crippen molar-refractivity contribution in [2.45, 2.75) is 25.8 Å². The Balaban J connectivity index is 0.00000192. The normalized spacial score (nSPS) is 17.5. The zero-order valence-electron chi connectivity index (χ0n) is 13.7. The fourth-order valence-electron chi connectivity index (χ4n) is 3.33. The molecule has 2 heterocycles. The molecule has 23 heavy (non-hydrogen) atoms. The Hall–Kier alpha value is -1.65. The van der Waals surface area contributed by atoms with Gasteiger partial charge in [-0.05, 0) is 57.5 Å². The molecule has 1 aromatic carbocycles. The van der Waals surface area contributed by atoms with Gasteiger partial charge in [0.2, 0.25) is 0 Å². The molecule has 124 valence electrons. The molecule has 1 aliphatic rings. The molecule has 0 spiro atoms. The fourth-order valence-corrected chi connectivity index (χ4v) is 3.33. The summed E-state index contributed by atoms with van der Waals surface area (Å²) in [6.45, 7) is 4.09. The number of rotatable bonds is 3. The molecule has 0 N–H and O–H groups in total. The first-order chi connectivity index (χ1) is 10.6. The quantitative estimate of drug-likeness (QED) is 0.866. The third-order valence-corrected chi connectivity index (χ3v) is 4.57. The van der Waals surface area contributed by atoms with Gasteiger partial charge in [0.15, 0.2) is 0 Å². The van der Waals surface area contributed by atoms with E-state index in [1.165, 1.54) is 5.56 Å². The topological polar surface area (TPSA) is 38.1 Å². The molecule has 3 rings (SSSR count). The van der Waals surface area contributed by atoms with Crippen molar-refractivity contribution >= 4 is 12.4 Å². The molecule has 0 saturated carbocycles. The van der Waals surface area contributed by atoms with Crippen molar-refractivity contribution in [2.24, 2.45) is 5.92 Å². The van der Waals surface area contributed by atoms with E-state index in [4.69, 9.17) is 0 Å². The van der Waals surface area contributed by atoms with Crippen LogP contribution in [0.2, 0.25) is 0 Å². The van der Waals surface area contributed by atoms with Crippen molar-refractivity contribution in [1.82, 2.24) is 14.7 Å². The minimum atomic E-state index is -0.0154. The molecule has 4 nitrogen and oxygen atoms in total. The van der Waals surface area contributed by atoms with Gasteiger partial charge in [0.05, 0.1) is 11.7 Å². The van der Waals surface area contributed by atoms with Crippen LogP contribution < -0.4 is 5.56 Å². The number of piperidine rings is 1. The molecule has 1 aromatic heterocycles. The first-order valence-corrected chi connectivity index (χ1v) is 7.95. The molecule has 1 fully saturated rings. The summed E-state index contributed by atoms with van der Waals surface area (Å²) in [4.78, 5) is 14.7. The summed E-state index contributed by atoms with van der Waals surface area (Å²) in [7, 11) is 2.16. The minimum Gasteiger partial charge on any atom is -0.306 e. The Labute approximate surface area is 143 Å². The zero-order valence-corrected chi connectivity index (χ0v) is 14.5. The SMILES string of the molecule is Cc1ccc(=O)n(C(c2ccccc2)C2CCN(C)CC2)n1.Cl. The maximum absolute atomic E-state index is 12.4. The van der Waals surface area contributed by atoms with E-state index in [0.717, 1.165) is 31.6 Å². The summed E-state index contributed by atoms with van der Waals surface area (Å²) in [5, 5.41) is 4.53. The van der Waals surface area contributed by atoms with Crippen molar-refractivity contribution in [1.29, 1.82) is 0 Å². The second-order valence-electron chi connectivity index (χ2n) is 6.25. The molecule has 5 heteroatoms. The summed E-state index contributed by atoms with van der Waals surface area (Å²) in [6, 6.07) is 13.8. The Kier molecular flexibility index (Phi) is 5.97. The second kappa shape index (κ2) is 7.75. The van der Waals surface area contributed by atoms with Crippen LogP contribution in [-0.2, 0) is 0 Å². The third-order valence-electron chi connectivity index (χ3n) is 4.57. The maximum atomic E-state index is 12.4. The third kappa shape index (κ3) is 4.01. The molecular weight excluding hydrogens is 310 g/mol. The number of aryl methyl sites for hydroxylation is 1. The van der Waals surface area contributed by atoms with Crippen LogP contribution in [0.1, 0.15) is 30.1 Å². The molecule has 1 unspecified atom stereocenters. The molecule has 0 amide bonds. The van der Waals surface area contributed by atoms with Crippen LogP contribution >= 0.6 is 12.4 Å². The van der Waals surface area contributed by atoms with Gasteiger partial charge in [0.25, 0.3) is 5.56 Å². The molecule has 1 aliphatic heterocycles. The van der Waals surface area contributed by atoms with Crippen LogP contribution in [0.3, 0.4) is 0 Å². The molecule has 0 radical (unpaired) electrons. The Morgan fingerprint density at radius 3 is 2.39 bits per heavy atom. The Morgan fingerprint density at radius 2 is 1.74 bits per heavy atom. The fraction of sp³-hybridized carbons (Fsp3) is 0.444. The number of hydrogen-bond donors (Lipinski definition) is 0. The number of hydrogen-bond acceptors (Lipinski definition) is 3. The Morgan fingerprint density at radius 1 is 1.09 bits per heavy atom. The van der Waals surface area contributed by atoms with Crippen LogP contribution in [0.15, 0.2) is 47.3 Å². The van der Waals surface area contributed by atoms with Crippen LogP contribution in [0.25, 0.3) is 0 Å². The highest BCUT2D eigenvalue weighted by Crippen LogP contribution is 2.32. The van der Waals surface area contributed by atoms with E-state index in [0.29, 0.717) is 5.92 Å². The molecule has 1 saturated heterocycles. The highest BCUT2D eigenvalue weighted by Gasteiger charge is 2.29. The molecule has 1 atom stereocenters. The zero-order chi connectivity index (χ0) is 15.5. The van der Waals surface area contributed by atoms with Gasteiger partial charge in [-0.3, -0.25) is 4.79 Å². The maximum Gasteiger partial charge on any atom is 0.267 e. The number of benzene rings is 1. The highest BCUT2D eigenvalue weighted by atomic mass is 35.5. The van der Waals surface area contributed by atoms with Crippen LogP contribution in [0, 0.1) is 12.8 Å². The van der Waals surface area contributed by atoms with Gasteiger partial charge in [-0.2, -0.15) is 5.10 Å². The lowest BCUT2D eigenvalue weighted by molar-refractivity contribution is 0.179. The predicted octanol–water partition coefficient (Wildman–Crippen LogP) is 2.90. The lowest BCUT2D eigenvalue weighted by atomic mass is 9.85. The average molecular weight is 334 g/mol. The summed E-state index contributed by atoms with van der Waals surface area (Å²) in [5.41, 5.74) is 2.05. The van der Waals surface area contributed by atoms with Gasteiger partial charge >= 0.3 is 0 Å². The van der Waals surface area contributed by atoms with Crippen molar-refractivity contribution in [2.75, 3.05) is 20.1 Å². The van der Waals surface area contributed by atoms with E-state index in [9.17, 15) is 4.79 Å². The smallest absolute Gasteiger partial charge is 0.267 e. The summed E-state index contributed by atoms with van der Waals surface area (Å²) >= 11 is 0. The van der Waals surface area contributed by atoms with Gasteiger partial charge < -0.3 is 4.90 Å². The van der Waals surface area contributed by atoms with Crippen LogP contribution in [-0.4, -0.2) is 34.8 Å². The molecule has 2 aromatic rings. The minimum absolute atomic E-state index is 0. The van der Waals surface area contributed by atoms with Gasteiger partial charge in [-0.25, -0.2) is 4.68 Å². The number of likely N-dealkylation sites (tertiary alicyclic amines) is 1. The van der Waals surface area contributed by atoms with E-state index in [1.54, 1.807) is 16.8 Å². The first kappa shape index (κ1) is 17.7. The first-order valence-electron chi connectivity index (χ1n) is 7.95. The lowest BCUT2D eigenvalue weighted by Crippen LogP contribution is -2.38. The van der Waals surface area contributed by atoms with E-state index < -0.39 is 0 Å². The molecular formula is C18H24ClN3O. The average Bonchev–Trinajstić information content (AvgIpc) is 2.54. The number of aromatic nitrogens is 2. The number of halogens is 1. The number of nitrogens with zero attached hydrogens (tertiary/aromatic N) is 3.